The van der Waals surface area contributed by atoms with Gasteiger partial charge in [0.25, 0.3) is 0 Å². The Labute approximate surface area is 227 Å². The van der Waals surface area contributed by atoms with Crippen molar-refractivity contribution in [3.63, 3.8) is 0 Å². The Kier molecular flexibility index (Phi) is 9.95. The van der Waals surface area contributed by atoms with E-state index in [1.54, 1.807) is 25.7 Å². The van der Waals surface area contributed by atoms with Crippen molar-refractivity contribution in [1.29, 1.82) is 0 Å². The maximum Gasteiger partial charge on any atom is 0.408 e. The number of alkyl carbamates (subject to hydrolysis) is 1. The molecule has 1 aliphatic carbocycles. The van der Waals surface area contributed by atoms with Crippen molar-refractivity contribution in [2.24, 2.45) is 0 Å². The summed E-state index contributed by atoms with van der Waals surface area (Å²) in [7, 11) is 0. The third-order valence-electron chi connectivity index (χ3n) is 6.64. The number of nitrogens with zero attached hydrogens (tertiary/aromatic N) is 1. The number of nitrogens with one attached hydrogen (secondary N) is 2. The van der Waals surface area contributed by atoms with Crippen LogP contribution in [0.2, 0.25) is 0 Å². The fraction of sp³-hybridized carbons (Fsp3) is 0.516. The molecule has 1 aliphatic rings. The summed E-state index contributed by atoms with van der Waals surface area (Å²) in [5, 5.41) is 5.90. The highest BCUT2D eigenvalue weighted by Crippen LogP contribution is 2.38. The molecule has 3 rings (SSSR count). The van der Waals surface area contributed by atoms with Crippen LogP contribution in [0.5, 0.6) is 0 Å². The van der Waals surface area contributed by atoms with E-state index in [1.165, 1.54) is 0 Å². The highest BCUT2D eigenvalue weighted by Gasteiger charge is 2.44. The molecule has 206 valence electrons. The van der Waals surface area contributed by atoms with Crippen molar-refractivity contribution in [2.45, 2.75) is 97.4 Å². The molecule has 2 aromatic carbocycles. The molecule has 0 heterocycles. The van der Waals surface area contributed by atoms with Crippen molar-refractivity contribution in [3.8, 4) is 0 Å². The molecule has 0 aromatic heterocycles. The molecule has 0 saturated heterocycles. The lowest BCUT2D eigenvalue weighted by atomic mass is 9.93. The van der Waals surface area contributed by atoms with Gasteiger partial charge in [-0.15, -0.1) is 0 Å². The Morgan fingerprint density at radius 3 is 2.18 bits per heavy atom. The van der Waals surface area contributed by atoms with Crippen LogP contribution in [0.4, 0.5) is 4.79 Å². The molecule has 2 atom stereocenters. The molecular weight excluding hydrogens is 478 g/mol. The number of hydrogen-bond donors (Lipinski definition) is 2. The number of rotatable bonds is 11. The number of carbonyl (C=O) groups excluding carboxylic acids is 3. The first-order valence-electron chi connectivity index (χ1n) is 13.7. The normalized spacial score (nSPS) is 14.8. The Morgan fingerprint density at radius 1 is 1.00 bits per heavy atom. The summed E-state index contributed by atoms with van der Waals surface area (Å²) in [4.78, 5) is 42.7. The second-order valence-electron chi connectivity index (χ2n) is 11.2. The van der Waals surface area contributed by atoms with Crippen molar-refractivity contribution in [1.82, 2.24) is 15.5 Å². The van der Waals surface area contributed by atoms with Crippen LogP contribution < -0.4 is 10.6 Å². The van der Waals surface area contributed by atoms with Gasteiger partial charge in [-0.1, -0.05) is 61.9 Å². The van der Waals surface area contributed by atoms with E-state index in [-0.39, 0.29) is 17.9 Å². The van der Waals surface area contributed by atoms with Crippen LogP contribution in [0.25, 0.3) is 0 Å². The third-order valence-corrected chi connectivity index (χ3v) is 6.64. The van der Waals surface area contributed by atoms with Gasteiger partial charge in [-0.2, -0.15) is 0 Å². The van der Waals surface area contributed by atoms with Gasteiger partial charge >= 0.3 is 6.09 Å². The minimum absolute atomic E-state index is 0.0675. The van der Waals surface area contributed by atoms with Crippen LogP contribution >= 0.6 is 0 Å². The van der Waals surface area contributed by atoms with Gasteiger partial charge in [-0.3, -0.25) is 9.59 Å². The van der Waals surface area contributed by atoms with E-state index in [2.05, 4.69) is 17.6 Å². The van der Waals surface area contributed by atoms with Gasteiger partial charge in [0.05, 0.1) is 0 Å². The molecule has 38 heavy (non-hydrogen) atoms. The summed E-state index contributed by atoms with van der Waals surface area (Å²) in [6.07, 6.45) is 3.09. The zero-order valence-electron chi connectivity index (χ0n) is 23.7. The van der Waals surface area contributed by atoms with Gasteiger partial charge in [0, 0.05) is 19.0 Å². The standard InChI is InChI=1S/C31H43N3O4/c1-7-8-19-32-28(35)27(26-21(2)13-12-14-22(26)3)34(24-17-18-24)29(36)25(20-23-15-10-9-11-16-23)33-30(37)38-31(4,5)6/h9-16,24-25,27H,7-8,17-20H2,1-6H3,(H,32,35)(H,33,37). The molecule has 3 amide bonds. The van der Waals surface area contributed by atoms with Gasteiger partial charge in [0.1, 0.15) is 17.7 Å². The van der Waals surface area contributed by atoms with Gasteiger partial charge in [-0.25, -0.2) is 4.79 Å². The Balaban J connectivity index is 2.02. The number of unbranched alkanes of at least 4 members (excludes halogenated alkanes) is 1. The van der Waals surface area contributed by atoms with E-state index in [0.717, 1.165) is 47.9 Å². The van der Waals surface area contributed by atoms with Crippen LogP contribution in [-0.2, 0) is 20.7 Å². The van der Waals surface area contributed by atoms with Crippen LogP contribution in [0.15, 0.2) is 48.5 Å². The largest absolute Gasteiger partial charge is 0.444 e. The van der Waals surface area contributed by atoms with E-state index < -0.39 is 23.8 Å². The molecular formula is C31H43N3O4. The second kappa shape index (κ2) is 12.9. The first kappa shape index (κ1) is 29.2. The van der Waals surface area contributed by atoms with Crippen molar-refractivity contribution in [3.05, 3.63) is 70.8 Å². The Bertz CT molecular complexity index is 1090. The van der Waals surface area contributed by atoms with Crippen molar-refractivity contribution in [2.75, 3.05) is 6.54 Å². The summed E-state index contributed by atoms with van der Waals surface area (Å²) < 4.78 is 5.51. The lowest BCUT2D eigenvalue weighted by molar-refractivity contribution is -0.143. The van der Waals surface area contributed by atoms with Crippen molar-refractivity contribution >= 4 is 17.9 Å². The highest BCUT2D eigenvalue weighted by atomic mass is 16.6. The lowest BCUT2D eigenvalue weighted by Gasteiger charge is -2.36. The van der Waals surface area contributed by atoms with Gasteiger partial charge in [0.15, 0.2) is 0 Å². The van der Waals surface area contributed by atoms with Gasteiger partial charge in [0.2, 0.25) is 11.8 Å². The zero-order chi connectivity index (χ0) is 27.9. The Hall–Kier alpha value is -3.35. The van der Waals surface area contributed by atoms with E-state index >= 15 is 0 Å². The third kappa shape index (κ3) is 8.07. The van der Waals surface area contributed by atoms with Crippen LogP contribution in [0.3, 0.4) is 0 Å². The average molecular weight is 522 g/mol. The summed E-state index contributed by atoms with van der Waals surface area (Å²) >= 11 is 0. The molecule has 7 heteroatoms. The van der Waals surface area contributed by atoms with E-state index in [4.69, 9.17) is 4.74 Å². The average Bonchev–Trinajstić information content (AvgIpc) is 3.67. The quantitative estimate of drug-likeness (QED) is 0.388. The predicted molar refractivity (Wildman–Crippen MR) is 150 cm³/mol. The fourth-order valence-electron chi connectivity index (χ4n) is 4.69. The molecule has 7 nitrogen and oxygen atoms in total. The first-order chi connectivity index (χ1) is 18.0. The molecule has 0 spiro atoms. The fourth-order valence-corrected chi connectivity index (χ4v) is 4.69. The zero-order valence-corrected chi connectivity index (χ0v) is 23.7. The maximum atomic E-state index is 14.4. The van der Waals surface area contributed by atoms with Crippen molar-refractivity contribution < 1.29 is 19.1 Å². The lowest BCUT2D eigenvalue weighted by Crippen LogP contribution is -2.54. The predicted octanol–water partition coefficient (Wildman–Crippen LogP) is 5.39. The van der Waals surface area contributed by atoms with Crippen LogP contribution in [0.1, 0.15) is 81.7 Å². The minimum Gasteiger partial charge on any atom is -0.444 e. The number of amides is 3. The first-order valence-corrected chi connectivity index (χ1v) is 13.7. The SMILES string of the molecule is CCCCNC(=O)C(c1c(C)cccc1C)N(C(=O)C(Cc1ccccc1)NC(=O)OC(C)(C)C)C1CC1. The number of hydrogen-bond acceptors (Lipinski definition) is 4. The minimum atomic E-state index is -0.886. The van der Waals surface area contributed by atoms with Gasteiger partial charge < -0.3 is 20.3 Å². The van der Waals surface area contributed by atoms with Crippen LogP contribution in [0, 0.1) is 13.8 Å². The smallest absolute Gasteiger partial charge is 0.408 e. The summed E-state index contributed by atoms with van der Waals surface area (Å²) in [5.41, 5.74) is 2.96. The molecule has 2 aromatic rings. The molecule has 0 bridgehead atoms. The van der Waals surface area contributed by atoms with E-state index in [0.29, 0.717) is 13.0 Å². The number of carbonyl (C=O) groups is 3. The molecule has 2 N–H and O–H groups in total. The highest BCUT2D eigenvalue weighted by molar-refractivity contribution is 5.93. The number of aryl methyl sites for hydroxylation is 2. The number of ether oxygens (including phenoxy) is 1. The topological polar surface area (TPSA) is 87.7 Å². The molecule has 1 saturated carbocycles. The summed E-state index contributed by atoms with van der Waals surface area (Å²) in [5.74, 6) is -0.465. The second-order valence-corrected chi connectivity index (χ2v) is 11.2. The molecule has 0 radical (unpaired) electrons. The van der Waals surface area contributed by atoms with Crippen LogP contribution in [-0.4, -0.2) is 47.0 Å². The molecule has 1 fully saturated rings. The summed E-state index contributed by atoms with van der Waals surface area (Å²) in [6, 6.07) is 13.8. The monoisotopic (exact) mass is 521 g/mol. The van der Waals surface area contributed by atoms with E-state index in [1.807, 2.05) is 62.4 Å². The van der Waals surface area contributed by atoms with E-state index in [9.17, 15) is 14.4 Å². The maximum absolute atomic E-state index is 14.4. The Morgan fingerprint density at radius 2 is 1.63 bits per heavy atom. The van der Waals surface area contributed by atoms with Gasteiger partial charge in [-0.05, 0) is 76.1 Å². The summed E-state index contributed by atoms with van der Waals surface area (Å²) in [6.45, 7) is 11.9. The number of benzene rings is 2. The molecule has 2 unspecified atom stereocenters. The molecule has 0 aliphatic heterocycles.